The first-order valence-corrected chi connectivity index (χ1v) is 7.87. The standard InChI is InChI=1S/C19H23NO/c1-2-12-21-17-10-8-15(9-11-17)14-20-19-13-18(19)16-6-4-3-5-7-16/h3-11,18-20H,2,12-14H2,1H3. The van der Waals surface area contributed by atoms with Crippen LogP contribution in [0.15, 0.2) is 54.6 Å². The normalized spacial score (nSPS) is 20.2. The van der Waals surface area contributed by atoms with Crippen LogP contribution in [-0.2, 0) is 6.54 Å². The van der Waals surface area contributed by atoms with Crippen LogP contribution in [0.4, 0.5) is 0 Å². The van der Waals surface area contributed by atoms with Crippen molar-refractivity contribution in [2.24, 2.45) is 0 Å². The molecule has 0 saturated heterocycles. The lowest BCUT2D eigenvalue weighted by atomic mass is 10.1. The highest BCUT2D eigenvalue weighted by molar-refractivity contribution is 5.29. The Morgan fingerprint density at radius 2 is 1.81 bits per heavy atom. The van der Waals surface area contributed by atoms with Crippen LogP contribution < -0.4 is 10.1 Å². The highest BCUT2D eigenvalue weighted by atomic mass is 16.5. The summed E-state index contributed by atoms with van der Waals surface area (Å²) in [6.45, 7) is 3.84. The van der Waals surface area contributed by atoms with E-state index >= 15 is 0 Å². The smallest absolute Gasteiger partial charge is 0.119 e. The fourth-order valence-corrected chi connectivity index (χ4v) is 2.66. The number of hydrogen-bond acceptors (Lipinski definition) is 2. The van der Waals surface area contributed by atoms with Crippen molar-refractivity contribution in [1.82, 2.24) is 5.32 Å². The maximum atomic E-state index is 5.60. The van der Waals surface area contributed by atoms with Gasteiger partial charge >= 0.3 is 0 Å². The first-order valence-electron chi connectivity index (χ1n) is 7.87. The van der Waals surface area contributed by atoms with Crippen LogP contribution in [0, 0.1) is 0 Å². The van der Waals surface area contributed by atoms with Gasteiger partial charge < -0.3 is 10.1 Å². The average molecular weight is 281 g/mol. The second-order valence-corrected chi connectivity index (χ2v) is 5.73. The SMILES string of the molecule is CCCOc1ccc(CNC2CC2c2ccccc2)cc1. The summed E-state index contributed by atoms with van der Waals surface area (Å²) in [6.07, 6.45) is 2.30. The molecular weight excluding hydrogens is 258 g/mol. The third-order valence-corrected chi connectivity index (χ3v) is 3.98. The number of nitrogens with one attached hydrogen (secondary N) is 1. The molecule has 0 aliphatic heterocycles. The van der Waals surface area contributed by atoms with Crippen LogP contribution in [0.5, 0.6) is 5.75 Å². The van der Waals surface area contributed by atoms with Crippen LogP contribution in [0.25, 0.3) is 0 Å². The van der Waals surface area contributed by atoms with Gasteiger partial charge in [-0.1, -0.05) is 49.4 Å². The summed E-state index contributed by atoms with van der Waals surface area (Å²) >= 11 is 0. The second-order valence-electron chi connectivity index (χ2n) is 5.73. The summed E-state index contributed by atoms with van der Waals surface area (Å²) < 4.78 is 5.60. The number of hydrogen-bond donors (Lipinski definition) is 1. The van der Waals surface area contributed by atoms with Gasteiger partial charge in [-0.25, -0.2) is 0 Å². The largest absolute Gasteiger partial charge is 0.494 e. The van der Waals surface area contributed by atoms with Gasteiger partial charge in [0.25, 0.3) is 0 Å². The summed E-state index contributed by atoms with van der Waals surface area (Å²) in [7, 11) is 0. The first kappa shape index (κ1) is 14.2. The van der Waals surface area contributed by atoms with E-state index in [-0.39, 0.29) is 0 Å². The van der Waals surface area contributed by atoms with Crippen LogP contribution in [-0.4, -0.2) is 12.6 Å². The molecule has 2 unspecified atom stereocenters. The van der Waals surface area contributed by atoms with Gasteiger partial charge in [-0.05, 0) is 36.1 Å². The van der Waals surface area contributed by atoms with Crippen molar-refractivity contribution < 1.29 is 4.74 Å². The Kier molecular flexibility index (Phi) is 4.56. The summed E-state index contributed by atoms with van der Waals surface area (Å²) in [5, 5.41) is 3.64. The van der Waals surface area contributed by atoms with Gasteiger partial charge in [-0.2, -0.15) is 0 Å². The van der Waals surface area contributed by atoms with Crippen molar-refractivity contribution in [1.29, 1.82) is 0 Å². The van der Waals surface area contributed by atoms with E-state index in [1.165, 1.54) is 17.5 Å². The van der Waals surface area contributed by atoms with Gasteiger partial charge in [-0.3, -0.25) is 0 Å². The maximum absolute atomic E-state index is 5.60. The molecule has 3 rings (SSSR count). The molecule has 2 heteroatoms. The summed E-state index contributed by atoms with van der Waals surface area (Å²) in [6, 6.07) is 19.8. The van der Waals surface area contributed by atoms with Gasteiger partial charge in [0.1, 0.15) is 5.75 Å². The van der Waals surface area contributed by atoms with E-state index < -0.39 is 0 Å². The third kappa shape index (κ3) is 3.85. The van der Waals surface area contributed by atoms with Gasteiger partial charge in [0.15, 0.2) is 0 Å². The zero-order chi connectivity index (χ0) is 14.5. The topological polar surface area (TPSA) is 21.3 Å². The van der Waals surface area contributed by atoms with Crippen LogP contribution >= 0.6 is 0 Å². The van der Waals surface area contributed by atoms with Gasteiger partial charge in [0, 0.05) is 18.5 Å². The number of rotatable bonds is 7. The molecule has 1 fully saturated rings. The van der Waals surface area contributed by atoms with E-state index in [0.29, 0.717) is 12.0 Å². The molecule has 0 bridgehead atoms. The van der Waals surface area contributed by atoms with E-state index in [1.807, 2.05) is 0 Å². The predicted octanol–water partition coefficient (Wildman–Crippen LogP) is 4.12. The van der Waals surface area contributed by atoms with Gasteiger partial charge in [0.2, 0.25) is 0 Å². The highest BCUT2D eigenvalue weighted by Crippen LogP contribution is 2.40. The fourth-order valence-electron chi connectivity index (χ4n) is 2.66. The molecule has 2 aromatic rings. The molecule has 1 aliphatic carbocycles. The van der Waals surface area contributed by atoms with Crippen molar-refractivity contribution in [2.75, 3.05) is 6.61 Å². The lowest BCUT2D eigenvalue weighted by Crippen LogP contribution is -2.17. The minimum atomic E-state index is 0.628. The van der Waals surface area contributed by atoms with Gasteiger partial charge in [0.05, 0.1) is 6.61 Å². The van der Waals surface area contributed by atoms with Gasteiger partial charge in [-0.15, -0.1) is 0 Å². The zero-order valence-electron chi connectivity index (χ0n) is 12.6. The quantitative estimate of drug-likeness (QED) is 0.824. The molecule has 2 aromatic carbocycles. The average Bonchev–Trinajstić information content (AvgIpc) is 3.32. The molecule has 0 amide bonds. The van der Waals surface area contributed by atoms with E-state index in [9.17, 15) is 0 Å². The molecule has 1 N–H and O–H groups in total. The van der Waals surface area contributed by atoms with Crippen molar-refractivity contribution >= 4 is 0 Å². The minimum absolute atomic E-state index is 0.628. The molecule has 2 nitrogen and oxygen atoms in total. The monoisotopic (exact) mass is 281 g/mol. The van der Waals surface area contributed by atoms with E-state index in [0.717, 1.165) is 25.3 Å². The van der Waals surface area contributed by atoms with E-state index in [4.69, 9.17) is 4.74 Å². The fraction of sp³-hybridized carbons (Fsp3) is 0.368. The summed E-state index contributed by atoms with van der Waals surface area (Å²) in [5.74, 6) is 1.66. The Hall–Kier alpha value is -1.80. The molecule has 1 aliphatic rings. The molecule has 110 valence electrons. The number of ether oxygens (including phenoxy) is 1. The molecule has 1 saturated carbocycles. The van der Waals surface area contributed by atoms with Crippen LogP contribution in [0.1, 0.15) is 36.8 Å². The molecule has 0 spiro atoms. The predicted molar refractivity (Wildman–Crippen MR) is 86.7 cm³/mol. The molecule has 0 heterocycles. The summed E-state index contributed by atoms with van der Waals surface area (Å²) in [4.78, 5) is 0. The van der Waals surface area contributed by atoms with Crippen molar-refractivity contribution in [3.8, 4) is 5.75 Å². The maximum Gasteiger partial charge on any atom is 0.119 e. The van der Waals surface area contributed by atoms with Crippen molar-refractivity contribution in [2.45, 2.75) is 38.3 Å². The lowest BCUT2D eigenvalue weighted by molar-refractivity contribution is 0.317. The molecule has 21 heavy (non-hydrogen) atoms. The Morgan fingerprint density at radius 1 is 1.05 bits per heavy atom. The lowest BCUT2D eigenvalue weighted by Gasteiger charge is -2.07. The van der Waals surface area contributed by atoms with Crippen molar-refractivity contribution in [3.63, 3.8) is 0 Å². The third-order valence-electron chi connectivity index (χ3n) is 3.98. The molecule has 2 atom stereocenters. The molecule has 0 aromatic heterocycles. The molecule has 0 radical (unpaired) electrons. The van der Waals surface area contributed by atoms with E-state index in [1.54, 1.807) is 0 Å². The Bertz CT molecular complexity index is 550. The molecular formula is C19H23NO. The Labute approximate surface area is 127 Å². The van der Waals surface area contributed by atoms with Crippen molar-refractivity contribution in [3.05, 3.63) is 65.7 Å². The first-order chi connectivity index (χ1) is 10.4. The van der Waals surface area contributed by atoms with Crippen LogP contribution in [0.3, 0.4) is 0 Å². The Balaban J connectivity index is 1.46. The van der Waals surface area contributed by atoms with Crippen LogP contribution in [0.2, 0.25) is 0 Å². The second kappa shape index (κ2) is 6.77. The Morgan fingerprint density at radius 3 is 2.52 bits per heavy atom. The highest BCUT2D eigenvalue weighted by Gasteiger charge is 2.37. The van der Waals surface area contributed by atoms with E-state index in [2.05, 4.69) is 66.8 Å². The minimum Gasteiger partial charge on any atom is -0.494 e. The summed E-state index contributed by atoms with van der Waals surface area (Å²) in [5.41, 5.74) is 2.77. The number of benzene rings is 2. The zero-order valence-corrected chi connectivity index (χ0v) is 12.6.